The first-order valence-corrected chi connectivity index (χ1v) is 5.49. The maximum Gasteiger partial charge on any atom is 0.187 e. The first-order valence-electron chi connectivity index (χ1n) is 5.49. The van der Waals surface area contributed by atoms with E-state index in [1.165, 1.54) is 6.92 Å². The van der Waals surface area contributed by atoms with Crippen LogP contribution in [-0.4, -0.2) is 49.6 Å². The van der Waals surface area contributed by atoms with Crippen LogP contribution >= 0.6 is 0 Å². The molecule has 0 aromatic carbocycles. The van der Waals surface area contributed by atoms with Crippen LogP contribution in [0.5, 0.6) is 0 Å². The number of piperazine rings is 1. The van der Waals surface area contributed by atoms with Crippen molar-refractivity contribution in [1.29, 1.82) is 0 Å². The van der Waals surface area contributed by atoms with Gasteiger partial charge in [-0.1, -0.05) is 6.08 Å². The highest BCUT2D eigenvalue weighted by atomic mass is 19.1. The molecular weight excluding hydrogens is 193 g/mol. The van der Waals surface area contributed by atoms with E-state index < -0.39 is 6.30 Å². The third kappa shape index (κ3) is 5.04. The Bertz CT molecular complexity index is 230. The third-order valence-electron chi connectivity index (χ3n) is 2.30. The number of halogens is 1. The molecule has 4 heteroatoms. The summed E-state index contributed by atoms with van der Waals surface area (Å²) in [7, 11) is 0. The summed E-state index contributed by atoms with van der Waals surface area (Å²) >= 11 is 0. The Morgan fingerprint density at radius 3 is 2.73 bits per heavy atom. The zero-order chi connectivity index (χ0) is 11.1. The lowest BCUT2D eigenvalue weighted by atomic mass is 10.2. The number of nitrogens with one attached hydrogen (secondary N) is 1. The lowest BCUT2D eigenvalue weighted by Gasteiger charge is -2.27. The fraction of sp³-hybridized carbons (Fsp3) is 0.727. The van der Waals surface area contributed by atoms with E-state index in [1.807, 2.05) is 19.1 Å². The Morgan fingerprint density at radius 2 is 2.20 bits per heavy atom. The fourth-order valence-electron chi connectivity index (χ4n) is 1.66. The van der Waals surface area contributed by atoms with Crippen molar-refractivity contribution in [2.75, 3.05) is 32.7 Å². The number of nitrogens with zero attached hydrogens (tertiary/aromatic N) is 2. The smallest absolute Gasteiger partial charge is 0.187 e. The molecule has 0 saturated carbocycles. The summed E-state index contributed by atoms with van der Waals surface area (Å²) in [6.45, 7) is 8.18. The van der Waals surface area contributed by atoms with Gasteiger partial charge in [-0.25, -0.2) is 4.39 Å². The maximum absolute atomic E-state index is 12.8. The van der Waals surface area contributed by atoms with Crippen LogP contribution in [0, 0.1) is 0 Å². The predicted molar refractivity (Wildman–Crippen MR) is 62.1 cm³/mol. The van der Waals surface area contributed by atoms with E-state index in [-0.39, 0.29) is 0 Å². The number of rotatable bonds is 4. The molecule has 1 unspecified atom stereocenters. The minimum atomic E-state index is -1.11. The third-order valence-corrected chi connectivity index (χ3v) is 2.30. The quantitative estimate of drug-likeness (QED) is 0.562. The summed E-state index contributed by atoms with van der Waals surface area (Å²) in [6.07, 6.45) is 2.68. The Kier molecular flexibility index (Phi) is 5.50. The van der Waals surface area contributed by atoms with Gasteiger partial charge < -0.3 is 5.32 Å². The van der Waals surface area contributed by atoms with Gasteiger partial charge in [0.25, 0.3) is 0 Å². The molecule has 1 fully saturated rings. The van der Waals surface area contributed by atoms with Crippen LogP contribution in [0.4, 0.5) is 4.39 Å². The summed E-state index contributed by atoms with van der Waals surface area (Å²) < 4.78 is 12.8. The average molecular weight is 213 g/mol. The van der Waals surface area contributed by atoms with E-state index in [9.17, 15) is 4.39 Å². The van der Waals surface area contributed by atoms with Crippen LogP contribution in [0.15, 0.2) is 17.1 Å². The fourth-order valence-corrected chi connectivity index (χ4v) is 1.66. The van der Waals surface area contributed by atoms with Crippen LogP contribution < -0.4 is 5.32 Å². The summed E-state index contributed by atoms with van der Waals surface area (Å²) in [5.41, 5.74) is 0.828. The van der Waals surface area contributed by atoms with Crippen molar-refractivity contribution in [2.45, 2.75) is 20.1 Å². The van der Waals surface area contributed by atoms with Crippen molar-refractivity contribution in [3.63, 3.8) is 0 Å². The van der Waals surface area contributed by atoms with Crippen LogP contribution in [0.2, 0.25) is 0 Å². The van der Waals surface area contributed by atoms with Gasteiger partial charge in [-0.05, 0) is 19.9 Å². The molecule has 3 nitrogen and oxygen atoms in total. The summed E-state index contributed by atoms with van der Waals surface area (Å²) in [5, 5.41) is 3.29. The van der Waals surface area contributed by atoms with Gasteiger partial charge in [0.2, 0.25) is 0 Å². The van der Waals surface area contributed by atoms with Crippen molar-refractivity contribution in [2.24, 2.45) is 4.99 Å². The minimum absolute atomic E-state index is 0.750. The number of hydrogen-bond donors (Lipinski definition) is 1. The maximum atomic E-state index is 12.8. The summed E-state index contributed by atoms with van der Waals surface area (Å²) in [6, 6.07) is 0. The van der Waals surface area contributed by atoms with E-state index in [4.69, 9.17) is 0 Å². The molecule has 0 aromatic rings. The van der Waals surface area contributed by atoms with Crippen LogP contribution in [0.25, 0.3) is 0 Å². The highest BCUT2D eigenvalue weighted by Crippen LogP contribution is 1.98. The van der Waals surface area contributed by atoms with Crippen molar-refractivity contribution in [1.82, 2.24) is 10.2 Å². The Morgan fingerprint density at radius 1 is 1.53 bits per heavy atom. The Labute approximate surface area is 91.1 Å². The second-order valence-corrected chi connectivity index (χ2v) is 3.72. The molecule has 1 rings (SSSR count). The standard InChI is InChI=1S/C11H20FN3/c1-3-4-11(14-10(2)12)9-15-7-5-13-6-8-15/h3-4,10,13H,5-9H2,1-2H3/b4-3-,14-11+. The molecule has 15 heavy (non-hydrogen) atoms. The lowest BCUT2D eigenvalue weighted by Crippen LogP contribution is -2.45. The largest absolute Gasteiger partial charge is 0.314 e. The van der Waals surface area contributed by atoms with E-state index in [0.29, 0.717) is 0 Å². The van der Waals surface area contributed by atoms with Crippen molar-refractivity contribution in [3.8, 4) is 0 Å². The van der Waals surface area contributed by atoms with Crippen LogP contribution in [0.3, 0.4) is 0 Å². The monoisotopic (exact) mass is 213 g/mol. The molecule has 1 heterocycles. The van der Waals surface area contributed by atoms with Gasteiger partial charge in [-0.2, -0.15) is 0 Å². The zero-order valence-corrected chi connectivity index (χ0v) is 9.54. The number of hydrogen-bond acceptors (Lipinski definition) is 3. The Hall–Kier alpha value is -0.740. The molecule has 0 aliphatic carbocycles. The van der Waals surface area contributed by atoms with Gasteiger partial charge in [0.15, 0.2) is 6.30 Å². The summed E-state index contributed by atoms with van der Waals surface area (Å²) in [5.74, 6) is 0. The second kappa shape index (κ2) is 6.69. The molecule has 1 atom stereocenters. The minimum Gasteiger partial charge on any atom is -0.314 e. The van der Waals surface area contributed by atoms with E-state index in [2.05, 4.69) is 15.2 Å². The van der Waals surface area contributed by atoms with Crippen molar-refractivity contribution >= 4 is 5.71 Å². The topological polar surface area (TPSA) is 27.6 Å². The van der Waals surface area contributed by atoms with Gasteiger partial charge >= 0.3 is 0 Å². The molecule has 0 aromatic heterocycles. The molecule has 0 radical (unpaired) electrons. The molecule has 1 N–H and O–H groups in total. The van der Waals surface area contributed by atoms with Gasteiger partial charge in [0.1, 0.15) is 0 Å². The molecule has 1 saturated heterocycles. The summed E-state index contributed by atoms with van der Waals surface area (Å²) in [4.78, 5) is 6.25. The first-order chi connectivity index (χ1) is 7.22. The number of allylic oxidation sites excluding steroid dienone is 1. The number of aliphatic imine (C=N–C) groups is 1. The first kappa shape index (κ1) is 12.3. The van der Waals surface area contributed by atoms with E-state index in [1.54, 1.807) is 0 Å². The van der Waals surface area contributed by atoms with Gasteiger partial charge in [-0.3, -0.25) is 9.89 Å². The van der Waals surface area contributed by atoms with Gasteiger partial charge in [-0.15, -0.1) is 0 Å². The van der Waals surface area contributed by atoms with E-state index in [0.717, 1.165) is 38.4 Å². The normalized spacial score (nSPS) is 22.2. The van der Waals surface area contributed by atoms with Crippen LogP contribution in [0.1, 0.15) is 13.8 Å². The second-order valence-electron chi connectivity index (χ2n) is 3.72. The van der Waals surface area contributed by atoms with Crippen molar-refractivity contribution < 1.29 is 4.39 Å². The molecule has 0 spiro atoms. The van der Waals surface area contributed by atoms with Crippen LogP contribution in [-0.2, 0) is 0 Å². The van der Waals surface area contributed by atoms with Gasteiger partial charge in [0.05, 0.1) is 5.71 Å². The number of alkyl halides is 1. The molecule has 86 valence electrons. The predicted octanol–water partition coefficient (Wildman–Crippen LogP) is 1.22. The van der Waals surface area contributed by atoms with Crippen molar-refractivity contribution in [3.05, 3.63) is 12.2 Å². The van der Waals surface area contributed by atoms with E-state index >= 15 is 0 Å². The highest BCUT2D eigenvalue weighted by Gasteiger charge is 2.11. The average Bonchev–Trinajstić information content (AvgIpc) is 2.18. The highest BCUT2D eigenvalue weighted by molar-refractivity contribution is 5.96. The lowest BCUT2D eigenvalue weighted by molar-refractivity contribution is 0.271. The van der Waals surface area contributed by atoms with Gasteiger partial charge in [0, 0.05) is 32.7 Å². The zero-order valence-electron chi connectivity index (χ0n) is 9.54. The molecule has 1 aliphatic rings. The SMILES string of the molecule is C/C=C\C(CN1CCNCC1)=N/C(C)F. The molecule has 0 amide bonds. The molecular formula is C11H20FN3. The molecule has 1 aliphatic heterocycles. The Balaban J connectivity index is 2.49. The molecule has 0 bridgehead atoms.